The van der Waals surface area contributed by atoms with Crippen molar-refractivity contribution in [3.63, 3.8) is 0 Å². The van der Waals surface area contributed by atoms with Gasteiger partial charge in [0, 0.05) is 13.6 Å². The zero-order chi connectivity index (χ0) is 15.2. The molecule has 1 unspecified atom stereocenters. The third kappa shape index (κ3) is 2.36. The van der Waals surface area contributed by atoms with E-state index in [1.54, 1.807) is 7.05 Å². The van der Waals surface area contributed by atoms with Gasteiger partial charge in [0.25, 0.3) is 10.0 Å². The summed E-state index contributed by atoms with van der Waals surface area (Å²) in [7, 11) is -2.13. The quantitative estimate of drug-likeness (QED) is 0.810. The molecule has 21 heavy (non-hydrogen) atoms. The molecule has 0 N–H and O–H groups in total. The number of rotatable bonds is 2. The number of para-hydroxylation sites is 1. The minimum atomic E-state index is -3.70. The Labute approximate surface area is 131 Å². The third-order valence-corrected chi connectivity index (χ3v) is 6.25. The molecule has 0 spiro atoms. The Kier molecular flexibility index (Phi) is 3.53. The van der Waals surface area contributed by atoms with Crippen molar-refractivity contribution in [2.75, 3.05) is 10.8 Å². The van der Waals surface area contributed by atoms with Crippen molar-refractivity contribution in [2.24, 2.45) is 13.0 Å². The van der Waals surface area contributed by atoms with E-state index < -0.39 is 10.0 Å². The predicted octanol–water partition coefficient (Wildman–Crippen LogP) is 1.97. The van der Waals surface area contributed by atoms with Crippen LogP contribution in [0.1, 0.15) is 12.5 Å². The van der Waals surface area contributed by atoms with Crippen LogP contribution in [0.3, 0.4) is 0 Å². The second-order valence-electron chi connectivity index (χ2n) is 5.28. The fourth-order valence-corrected chi connectivity index (χ4v) is 5.34. The van der Waals surface area contributed by atoms with Crippen molar-refractivity contribution in [1.82, 2.24) is 15.0 Å². The average Bonchev–Trinajstić information content (AvgIpc) is 2.77. The smallest absolute Gasteiger partial charge is 0.264 e. The molecule has 6 nitrogen and oxygen atoms in total. The van der Waals surface area contributed by atoms with E-state index in [2.05, 4.69) is 33.2 Å². The number of aryl methyl sites for hydroxylation is 1. The van der Waals surface area contributed by atoms with Gasteiger partial charge in [0.2, 0.25) is 5.03 Å². The monoisotopic (exact) mass is 370 g/mol. The van der Waals surface area contributed by atoms with Gasteiger partial charge in [-0.15, -0.1) is 5.10 Å². The first-order chi connectivity index (χ1) is 9.91. The number of anilines is 1. The standard InChI is InChI=1S/C13H15BrN4O2S/c1-9-7-10-5-3-4-6-11(10)18(8-9)21(19,20)13-12(14)15-16-17(13)2/h3-6,9H,7-8H2,1-2H3. The van der Waals surface area contributed by atoms with Crippen molar-refractivity contribution in [3.05, 3.63) is 34.4 Å². The zero-order valence-electron chi connectivity index (χ0n) is 11.7. The van der Waals surface area contributed by atoms with Gasteiger partial charge in [0.15, 0.2) is 4.60 Å². The minimum absolute atomic E-state index is 0.0754. The Bertz CT molecular complexity index is 768. The summed E-state index contributed by atoms with van der Waals surface area (Å²) in [5.41, 5.74) is 1.79. The fraction of sp³-hybridized carbons (Fsp3) is 0.385. The third-order valence-electron chi connectivity index (χ3n) is 3.58. The molecule has 0 fully saturated rings. The van der Waals surface area contributed by atoms with E-state index in [0.717, 1.165) is 17.7 Å². The molecule has 1 atom stereocenters. The highest BCUT2D eigenvalue weighted by Crippen LogP contribution is 2.34. The van der Waals surface area contributed by atoms with Crippen molar-refractivity contribution >= 4 is 31.6 Å². The number of benzene rings is 1. The molecule has 0 saturated carbocycles. The van der Waals surface area contributed by atoms with Gasteiger partial charge < -0.3 is 0 Å². The Morgan fingerprint density at radius 2 is 2.05 bits per heavy atom. The van der Waals surface area contributed by atoms with Crippen molar-refractivity contribution in [3.8, 4) is 0 Å². The molecule has 1 aromatic carbocycles. The molecule has 1 aliphatic rings. The van der Waals surface area contributed by atoms with Crippen LogP contribution in [0.4, 0.5) is 5.69 Å². The molecular weight excluding hydrogens is 356 g/mol. The average molecular weight is 371 g/mol. The van der Waals surface area contributed by atoms with E-state index in [1.807, 2.05) is 24.3 Å². The molecule has 1 aromatic heterocycles. The molecule has 0 bridgehead atoms. The summed E-state index contributed by atoms with van der Waals surface area (Å²) >= 11 is 3.17. The van der Waals surface area contributed by atoms with Gasteiger partial charge in [-0.3, -0.25) is 4.31 Å². The van der Waals surface area contributed by atoms with Crippen LogP contribution >= 0.6 is 15.9 Å². The fourth-order valence-electron chi connectivity index (χ4n) is 2.68. The summed E-state index contributed by atoms with van der Waals surface area (Å²) in [6, 6.07) is 7.61. The number of hydrogen-bond donors (Lipinski definition) is 0. The number of fused-ring (bicyclic) bond motifs is 1. The highest BCUT2D eigenvalue weighted by Gasteiger charge is 2.35. The highest BCUT2D eigenvalue weighted by atomic mass is 79.9. The van der Waals surface area contributed by atoms with Crippen molar-refractivity contribution < 1.29 is 8.42 Å². The van der Waals surface area contributed by atoms with E-state index in [9.17, 15) is 8.42 Å². The molecule has 0 aliphatic carbocycles. The number of nitrogens with zero attached hydrogens (tertiary/aromatic N) is 4. The van der Waals surface area contributed by atoms with Gasteiger partial charge in [-0.1, -0.05) is 30.3 Å². The van der Waals surface area contributed by atoms with E-state index in [-0.39, 0.29) is 15.5 Å². The Morgan fingerprint density at radius 3 is 2.71 bits per heavy atom. The van der Waals surface area contributed by atoms with Crippen LogP contribution < -0.4 is 4.31 Å². The summed E-state index contributed by atoms with van der Waals surface area (Å²) in [6.45, 7) is 2.51. The number of sulfonamides is 1. The molecule has 112 valence electrons. The first-order valence-electron chi connectivity index (χ1n) is 6.57. The van der Waals surface area contributed by atoms with Gasteiger partial charge in [0.05, 0.1) is 5.69 Å². The normalized spacial score (nSPS) is 18.6. The minimum Gasteiger partial charge on any atom is -0.264 e. The van der Waals surface area contributed by atoms with Crippen LogP contribution in [-0.4, -0.2) is 30.0 Å². The van der Waals surface area contributed by atoms with Crippen LogP contribution in [0.25, 0.3) is 0 Å². The van der Waals surface area contributed by atoms with Gasteiger partial charge in [-0.05, 0) is 39.9 Å². The molecule has 0 amide bonds. The van der Waals surface area contributed by atoms with E-state index in [1.165, 1.54) is 8.99 Å². The van der Waals surface area contributed by atoms with Crippen molar-refractivity contribution in [1.29, 1.82) is 0 Å². The number of halogens is 1. The van der Waals surface area contributed by atoms with E-state index in [0.29, 0.717) is 6.54 Å². The summed E-state index contributed by atoms with van der Waals surface area (Å²) in [5, 5.41) is 7.62. The number of hydrogen-bond acceptors (Lipinski definition) is 4. The van der Waals surface area contributed by atoms with Crippen LogP contribution in [-0.2, 0) is 23.5 Å². The first kappa shape index (κ1) is 14.5. The Hall–Kier alpha value is -1.41. The van der Waals surface area contributed by atoms with Gasteiger partial charge in [-0.25, -0.2) is 4.68 Å². The molecule has 3 rings (SSSR count). The predicted molar refractivity (Wildman–Crippen MR) is 82.5 cm³/mol. The summed E-state index contributed by atoms with van der Waals surface area (Å²) < 4.78 is 29.0. The lowest BCUT2D eigenvalue weighted by Crippen LogP contribution is -2.40. The molecule has 1 aliphatic heterocycles. The van der Waals surface area contributed by atoms with Gasteiger partial charge in [0.1, 0.15) is 0 Å². The molecule has 0 saturated heterocycles. The summed E-state index contributed by atoms with van der Waals surface area (Å²) in [4.78, 5) is 0. The molecule has 2 heterocycles. The highest BCUT2D eigenvalue weighted by molar-refractivity contribution is 9.10. The Balaban J connectivity index is 2.16. The van der Waals surface area contributed by atoms with Crippen LogP contribution in [0, 0.1) is 5.92 Å². The largest absolute Gasteiger partial charge is 0.284 e. The molecular formula is C13H15BrN4O2S. The van der Waals surface area contributed by atoms with E-state index >= 15 is 0 Å². The lowest BCUT2D eigenvalue weighted by molar-refractivity contribution is 0.535. The second-order valence-corrected chi connectivity index (χ2v) is 7.81. The topological polar surface area (TPSA) is 68.1 Å². The maximum absolute atomic E-state index is 13.0. The number of aromatic nitrogens is 3. The van der Waals surface area contributed by atoms with Gasteiger partial charge >= 0.3 is 0 Å². The lowest BCUT2D eigenvalue weighted by Gasteiger charge is -2.33. The first-order valence-corrected chi connectivity index (χ1v) is 8.80. The molecule has 0 radical (unpaired) electrons. The van der Waals surface area contributed by atoms with E-state index in [4.69, 9.17) is 0 Å². The van der Waals surface area contributed by atoms with Crippen LogP contribution in [0.15, 0.2) is 33.9 Å². The molecule has 8 heteroatoms. The molecule has 2 aromatic rings. The summed E-state index contributed by atoms with van der Waals surface area (Å²) in [6.07, 6.45) is 0.882. The van der Waals surface area contributed by atoms with Crippen LogP contribution in [0.5, 0.6) is 0 Å². The SMILES string of the molecule is CC1Cc2ccccc2N(S(=O)(=O)c2c(Br)nnn2C)C1. The zero-order valence-corrected chi connectivity index (χ0v) is 14.1. The lowest BCUT2D eigenvalue weighted by atomic mass is 9.96. The maximum Gasteiger partial charge on any atom is 0.284 e. The van der Waals surface area contributed by atoms with Crippen LogP contribution in [0.2, 0.25) is 0 Å². The van der Waals surface area contributed by atoms with Crippen molar-refractivity contribution in [2.45, 2.75) is 18.4 Å². The maximum atomic E-state index is 13.0. The Morgan fingerprint density at radius 1 is 1.33 bits per heavy atom. The van der Waals surface area contributed by atoms with Gasteiger partial charge in [-0.2, -0.15) is 8.42 Å². The second kappa shape index (κ2) is 5.10. The summed E-state index contributed by atoms with van der Waals surface area (Å²) in [5.74, 6) is 0.259.